The summed E-state index contributed by atoms with van der Waals surface area (Å²) < 4.78 is 0. The fourth-order valence-electron chi connectivity index (χ4n) is 3.80. The number of hydrogen-bond donors (Lipinski definition) is 0. The second-order valence-corrected chi connectivity index (χ2v) is 5.45. The van der Waals surface area contributed by atoms with E-state index in [0.29, 0.717) is 0 Å². The summed E-state index contributed by atoms with van der Waals surface area (Å²) in [5.74, 6) is 4.35. The van der Waals surface area contributed by atoms with E-state index < -0.39 is 0 Å². The molecule has 76 valence electrons. The van der Waals surface area contributed by atoms with Gasteiger partial charge in [-0.1, -0.05) is 46.0 Å². The van der Waals surface area contributed by atoms with Gasteiger partial charge in [-0.15, -0.1) is 0 Å². The first kappa shape index (κ1) is 9.55. The molecule has 0 heteroatoms. The van der Waals surface area contributed by atoms with E-state index in [4.69, 9.17) is 0 Å². The zero-order chi connectivity index (χ0) is 9.26. The van der Waals surface area contributed by atoms with Crippen LogP contribution >= 0.6 is 0 Å². The monoisotopic (exact) mass is 180 g/mol. The van der Waals surface area contributed by atoms with Gasteiger partial charge in [0.1, 0.15) is 0 Å². The summed E-state index contributed by atoms with van der Waals surface area (Å²) in [5, 5.41) is 0. The lowest BCUT2D eigenvalue weighted by Gasteiger charge is -2.37. The summed E-state index contributed by atoms with van der Waals surface area (Å²) >= 11 is 0. The van der Waals surface area contributed by atoms with E-state index in [0.717, 1.165) is 23.7 Å². The molecule has 0 aliphatic heterocycles. The molecule has 0 N–H and O–H groups in total. The Bertz CT molecular complexity index is 161. The maximum Gasteiger partial charge on any atom is -0.0383 e. The molecule has 3 saturated carbocycles. The molecule has 0 nitrogen and oxygen atoms in total. The summed E-state index contributed by atoms with van der Waals surface area (Å²) in [6, 6.07) is 0. The molecule has 3 unspecified atom stereocenters. The van der Waals surface area contributed by atoms with Gasteiger partial charge in [0, 0.05) is 0 Å². The molecule has 0 aromatic rings. The normalized spacial score (nSPS) is 44.8. The highest BCUT2D eigenvalue weighted by atomic mass is 14.4. The van der Waals surface area contributed by atoms with Gasteiger partial charge in [-0.2, -0.15) is 0 Å². The molecule has 2 bridgehead atoms. The van der Waals surface area contributed by atoms with Gasteiger partial charge in [0.2, 0.25) is 0 Å². The predicted octanol–water partition coefficient (Wildman–Crippen LogP) is 4.25. The Hall–Kier alpha value is 0. The van der Waals surface area contributed by atoms with Crippen molar-refractivity contribution in [3.8, 4) is 0 Å². The first-order chi connectivity index (χ1) is 6.31. The van der Waals surface area contributed by atoms with Crippen molar-refractivity contribution in [2.24, 2.45) is 23.7 Å². The fourth-order valence-corrected chi connectivity index (χ4v) is 3.80. The zero-order valence-electron chi connectivity index (χ0n) is 9.26. The predicted molar refractivity (Wildman–Crippen MR) is 57.6 cm³/mol. The van der Waals surface area contributed by atoms with Crippen molar-refractivity contribution in [2.45, 2.75) is 58.8 Å². The summed E-state index contributed by atoms with van der Waals surface area (Å²) in [6.45, 7) is 4.84. The quantitative estimate of drug-likeness (QED) is 0.596. The van der Waals surface area contributed by atoms with Gasteiger partial charge in [0.25, 0.3) is 0 Å². The van der Waals surface area contributed by atoms with Gasteiger partial charge in [-0.05, 0) is 36.5 Å². The number of rotatable bonds is 2. The third kappa shape index (κ3) is 1.92. The van der Waals surface area contributed by atoms with Crippen LogP contribution in [0.2, 0.25) is 0 Å². The van der Waals surface area contributed by atoms with Crippen molar-refractivity contribution in [2.75, 3.05) is 0 Å². The first-order valence-electron chi connectivity index (χ1n) is 6.31. The van der Waals surface area contributed by atoms with Gasteiger partial charge < -0.3 is 0 Å². The second-order valence-electron chi connectivity index (χ2n) is 5.45. The molecule has 13 heavy (non-hydrogen) atoms. The third-order valence-corrected chi connectivity index (χ3v) is 4.56. The topological polar surface area (TPSA) is 0 Å². The lowest BCUT2D eigenvalue weighted by Crippen LogP contribution is -2.27. The highest BCUT2D eigenvalue weighted by Gasteiger charge is 2.36. The van der Waals surface area contributed by atoms with Crippen molar-refractivity contribution in [3.05, 3.63) is 0 Å². The molecule has 0 saturated heterocycles. The van der Waals surface area contributed by atoms with E-state index in [9.17, 15) is 0 Å². The minimum absolute atomic E-state index is 1.04. The average Bonchev–Trinajstić information content (AvgIpc) is 2.38. The third-order valence-electron chi connectivity index (χ3n) is 4.56. The maximum atomic E-state index is 2.49. The van der Waals surface area contributed by atoms with Crippen molar-refractivity contribution in [1.82, 2.24) is 0 Å². The SMILES string of the molecule is CCCC1C[C@H]2CCCC1CC2C. The molecule has 0 spiro atoms. The summed E-state index contributed by atoms with van der Waals surface area (Å²) in [5.41, 5.74) is 0. The number of fused-ring (bicyclic) bond motifs is 4. The van der Waals surface area contributed by atoms with Gasteiger partial charge >= 0.3 is 0 Å². The van der Waals surface area contributed by atoms with E-state index >= 15 is 0 Å². The highest BCUT2D eigenvalue weighted by molar-refractivity contribution is 4.87. The second kappa shape index (κ2) is 4.02. The molecule has 0 amide bonds. The van der Waals surface area contributed by atoms with Crippen LogP contribution in [-0.4, -0.2) is 0 Å². The lowest BCUT2D eigenvalue weighted by atomic mass is 9.69. The smallest absolute Gasteiger partial charge is 0.0383 e. The maximum absolute atomic E-state index is 2.49. The van der Waals surface area contributed by atoms with Gasteiger partial charge in [0.15, 0.2) is 0 Å². The Kier molecular flexibility index (Phi) is 2.96. The molecule has 3 aliphatic rings. The standard InChI is InChI=1S/C13H24/c1-3-5-12-9-11-6-4-7-13(12)8-10(11)2/h10-13H,3-9H2,1-2H3/t10?,11-,12?,13?/m1/s1. The molecule has 0 aromatic carbocycles. The zero-order valence-corrected chi connectivity index (χ0v) is 9.26. The molecule has 4 atom stereocenters. The van der Waals surface area contributed by atoms with Crippen LogP contribution in [0.1, 0.15) is 58.8 Å². The van der Waals surface area contributed by atoms with Gasteiger partial charge in [-0.25, -0.2) is 0 Å². The molecule has 3 rings (SSSR count). The van der Waals surface area contributed by atoms with E-state index in [1.165, 1.54) is 25.7 Å². The Morgan fingerprint density at radius 1 is 1.08 bits per heavy atom. The molecular formula is C13H24. The fraction of sp³-hybridized carbons (Fsp3) is 1.00. The van der Waals surface area contributed by atoms with E-state index in [1.807, 2.05) is 0 Å². The van der Waals surface area contributed by atoms with Crippen LogP contribution in [-0.2, 0) is 0 Å². The van der Waals surface area contributed by atoms with Gasteiger partial charge in [-0.3, -0.25) is 0 Å². The van der Waals surface area contributed by atoms with Crippen LogP contribution in [0, 0.1) is 23.7 Å². The van der Waals surface area contributed by atoms with E-state index in [2.05, 4.69) is 13.8 Å². The minimum Gasteiger partial charge on any atom is -0.0654 e. The van der Waals surface area contributed by atoms with Crippen LogP contribution in [0.25, 0.3) is 0 Å². The van der Waals surface area contributed by atoms with E-state index in [1.54, 1.807) is 19.3 Å². The Morgan fingerprint density at radius 3 is 2.62 bits per heavy atom. The summed E-state index contributed by atoms with van der Waals surface area (Å²) in [4.78, 5) is 0. The van der Waals surface area contributed by atoms with Crippen LogP contribution in [0.3, 0.4) is 0 Å². The average molecular weight is 180 g/mol. The molecule has 0 radical (unpaired) electrons. The summed E-state index contributed by atoms with van der Waals surface area (Å²) in [6.07, 6.45) is 10.6. The first-order valence-corrected chi connectivity index (χ1v) is 6.31. The van der Waals surface area contributed by atoms with Crippen molar-refractivity contribution >= 4 is 0 Å². The van der Waals surface area contributed by atoms with Crippen molar-refractivity contribution in [3.63, 3.8) is 0 Å². The van der Waals surface area contributed by atoms with Crippen LogP contribution in [0.15, 0.2) is 0 Å². The lowest BCUT2D eigenvalue weighted by molar-refractivity contribution is 0.136. The molecule has 3 fully saturated rings. The van der Waals surface area contributed by atoms with E-state index in [-0.39, 0.29) is 0 Å². The molecule has 3 aliphatic carbocycles. The van der Waals surface area contributed by atoms with Crippen LogP contribution < -0.4 is 0 Å². The van der Waals surface area contributed by atoms with Crippen LogP contribution in [0.4, 0.5) is 0 Å². The molecule has 0 aromatic heterocycles. The molecule has 0 heterocycles. The molecular weight excluding hydrogens is 156 g/mol. The largest absolute Gasteiger partial charge is 0.0654 e. The Balaban J connectivity index is 2.02. The van der Waals surface area contributed by atoms with Gasteiger partial charge in [0.05, 0.1) is 0 Å². The Morgan fingerprint density at radius 2 is 1.85 bits per heavy atom. The highest BCUT2D eigenvalue weighted by Crippen LogP contribution is 2.47. The Labute approximate surface area is 83.1 Å². The number of hydrogen-bond acceptors (Lipinski definition) is 0. The summed E-state index contributed by atoms with van der Waals surface area (Å²) in [7, 11) is 0. The minimum atomic E-state index is 1.04. The van der Waals surface area contributed by atoms with Crippen LogP contribution in [0.5, 0.6) is 0 Å². The van der Waals surface area contributed by atoms with Crippen molar-refractivity contribution < 1.29 is 0 Å². The van der Waals surface area contributed by atoms with Crippen molar-refractivity contribution in [1.29, 1.82) is 0 Å².